The fourth-order valence-corrected chi connectivity index (χ4v) is 2.66. The maximum absolute atomic E-state index is 4.43. The molecule has 0 aromatic rings. The molecule has 0 spiro atoms. The van der Waals surface area contributed by atoms with Crippen LogP contribution in [0.4, 0.5) is 0 Å². The van der Waals surface area contributed by atoms with E-state index in [0.717, 1.165) is 30.9 Å². The van der Waals surface area contributed by atoms with Crippen LogP contribution in [0.15, 0.2) is 4.99 Å². The van der Waals surface area contributed by atoms with Crippen molar-refractivity contribution < 1.29 is 0 Å². The fourth-order valence-electron chi connectivity index (χ4n) is 2.66. The zero-order chi connectivity index (χ0) is 12.3. The summed E-state index contributed by atoms with van der Waals surface area (Å²) in [4.78, 5) is 7.01. The van der Waals surface area contributed by atoms with Gasteiger partial charge in [0.15, 0.2) is 5.96 Å². The van der Waals surface area contributed by atoms with E-state index in [9.17, 15) is 0 Å². The lowest BCUT2D eigenvalue weighted by Crippen LogP contribution is -2.40. The van der Waals surface area contributed by atoms with Gasteiger partial charge in [0.1, 0.15) is 0 Å². The maximum Gasteiger partial charge on any atom is 0.191 e. The van der Waals surface area contributed by atoms with Crippen molar-refractivity contribution in [1.29, 1.82) is 0 Å². The number of hydrogen-bond acceptors (Lipinski definition) is 4. The molecule has 4 heteroatoms. The summed E-state index contributed by atoms with van der Waals surface area (Å²) in [5, 5.41) is 6.79. The molecule has 1 saturated heterocycles. The third kappa shape index (κ3) is 3.87. The Balaban J connectivity index is 1.64. The molecule has 4 nitrogen and oxygen atoms in total. The largest absolute Gasteiger partial charge is 0.356 e. The first-order chi connectivity index (χ1) is 8.13. The van der Waals surface area contributed by atoms with Gasteiger partial charge in [-0.15, -0.1) is 0 Å². The topological polar surface area (TPSA) is 39.7 Å². The lowest BCUT2D eigenvalue weighted by Gasteiger charge is -2.18. The van der Waals surface area contributed by atoms with Crippen molar-refractivity contribution in [1.82, 2.24) is 15.5 Å². The van der Waals surface area contributed by atoms with E-state index in [0.29, 0.717) is 6.04 Å². The highest BCUT2D eigenvalue weighted by atomic mass is 15.2. The molecule has 2 aliphatic heterocycles. The number of hydrogen-bond donors (Lipinski definition) is 2. The van der Waals surface area contributed by atoms with Crippen LogP contribution >= 0.6 is 0 Å². The highest BCUT2D eigenvalue weighted by Gasteiger charge is 2.23. The predicted octanol–water partition coefficient (Wildman–Crippen LogP) is 0.902. The molecule has 0 aromatic heterocycles. The highest BCUT2D eigenvalue weighted by molar-refractivity contribution is 5.81. The van der Waals surface area contributed by atoms with Gasteiger partial charge in [-0.05, 0) is 31.7 Å². The first kappa shape index (κ1) is 12.7. The fraction of sp³-hybridized carbons (Fsp3) is 0.923. The van der Waals surface area contributed by atoms with Crippen molar-refractivity contribution in [3.8, 4) is 0 Å². The third-order valence-electron chi connectivity index (χ3n) is 3.46. The number of nitrogens with one attached hydrogen (secondary N) is 2. The molecule has 0 radical (unpaired) electrons. The minimum absolute atomic E-state index is 0.499. The molecule has 2 unspecified atom stereocenters. The molecule has 0 aromatic carbocycles. The summed E-state index contributed by atoms with van der Waals surface area (Å²) in [5.41, 5.74) is 0. The standard InChI is InChI=1S/C13H26N4/c1-10(2)8-17-5-4-12(9-17)7-15-13-14-6-11(3)16-13/h10-12H,4-9H2,1-3H3,(H2,14,15,16). The molecule has 0 saturated carbocycles. The maximum atomic E-state index is 4.43. The van der Waals surface area contributed by atoms with Crippen molar-refractivity contribution in [3.05, 3.63) is 0 Å². The Bertz CT molecular complexity index is 275. The monoisotopic (exact) mass is 238 g/mol. The van der Waals surface area contributed by atoms with Gasteiger partial charge < -0.3 is 15.5 Å². The summed E-state index contributed by atoms with van der Waals surface area (Å²) in [7, 11) is 0. The van der Waals surface area contributed by atoms with Gasteiger partial charge in [0.25, 0.3) is 0 Å². The Morgan fingerprint density at radius 3 is 3.00 bits per heavy atom. The Labute approximate surface area is 105 Å². The van der Waals surface area contributed by atoms with Crippen LogP contribution in [0, 0.1) is 11.8 Å². The molecular formula is C13H26N4. The number of guanidine groups is 1. The van der Waals surface area contributed by atoms with Gasteiger partial charge in [0.05, 0.1) is 6.54 Å². The average molecular weight is 238 g/mol. The lowest BCUT2D eigenvalue weighted by molar-refractivity contribution is 0.287. The molecule has 2 heterocycles. The van der Waals surface area contributed by atoms with E-state index in [-0.39, 0.29) is 0 Å². The zero-order valence-corrected chi connectivity index (χ0v) is 11.4. The van der Waals surface area contributed by atoms with Gasteiger partial charge >= 0.3 is 0 Å². The molecule has 2 atom stereocenters. The first-order valence-corrected chi connectivity index (χ1v) is 6.90. The predicted molar refractivity (Wildman–Crippen MR) is 72.3 cm³/mol. The van der Waals surface area contributed by atoms with Crippen LogP contribution < -0.4 is 10.6 Å². The summed E-state index contributed by atoms with van der Waals surface area (Å²) in [6.07, 6.45) is 1.32. The minimum Gasteiger partial charge on any atom is -0.356 e. The molecule has 2 aliphatic rings. The van der Waals surface area contributed by atoms with E-state index in [1.807, 2.05) is 0 Å². The minimum atomic E-state index is 0.499. The number of rotatable bonds is 4. The Morgan fingerprint density at radius 1 is 1.53 bits per heavy atom. The second-order valence-electron chi connectivity index (χ2n) is 5.92. The Hall–Kier alpha value is -0.770. The second-order valence-corrected chi connectivity index (χ2v) is 5.92. The molecular weight excluding hydrogens is 212 g/mol. The molecule has 0 amide bonds. The van der Waals surface area contributed by atoms with Gasteiger partial charge in [-0.1, -0.05) is 13.8 Å². The van der Waals surface area contributed by atoms with Crippen molar-refractivity contribution >= 4 is 5.96 Å². The van der Waals surface area contributed by atoms with Crippen LogP contribution in [-0.2, 0) is 0 Å². The Kier molecular flexibility index (Phi) is 4.26. The molecule has 2 rings (SSSR count). The molecule has 2 N–H and O–H groups in total. The average Bonchev–Trinajstić information content (AvgIpc) is 2.84. The molecule has 0 bridgehead atoms. The van der Waals surface area contributed by atoms with Crippen molar-refractivity contribution in [2.24, 2.45) is 16.8 Å². The second kappa shape index (κ2) is 5.71. The summed E-state index contributed by atoms with van der Waals surface area (Å²) in [5.74, 6) is 2.57. The van der Waals surface area contributed by atoms with E-state index in [1.54, 1.807) is 0 Å². The van der Waals surface area contributed by atoms with Gasteiger partial charge in [0, 0.05) is 25.7 Å². The van der Waals surface area contributed by atoms with Crippen LogP contribution in [-0.4, -0.2) is 49.6 Å². The van der Waals surface area contributed by atoms with E-state index in [1.165, 1.54) is 26.1 Å². The lowest BCUT2D eigenvalue weighted by atomic mass is 10.1. The number of likely N-dealkylation sites (tertiary alicyclic amines) is 1. The van der Waals surface area contributed by atoms with Crippen molar-refractivity contribution in [3.63, 3.8) is 0 Å². The van der Waals surface area contributed by atoms with Crippen molar-refractivity contribution in [2.45, 2.75) is 33.2 Å². The van der Waals surface area contributed by atoms with Crippen molar-refractivity contribution in [2.75, 3.05) is 32.7 Å². The third-order valence-corrected chi connectivity index (χ3v) is 3.46. The normalized spacial score (nSPS) is 29.5. The molecule has 1 fully saturated rings. The van der Waals surface area contributed by atoms with Crippen LogP contribution in [0.5, 0.6) is 0 Å². The summed E-state index contributed by atoms with van der Waals surface area (Å²) < 4.78 is 0. The van der Waals surface area contributed by atoms with E-state index in [4.69, 9.17) is 0 Å². The molecule has 17 heavy (non-hydrogen) atoms. The first-order valence-electron chi connectivity index (χ1n) is 6.90. The van der Waals surface area contributed by atoms with Gasteiger partial charge in [0.2, 0.25) is 0 Å². The summed E-state index contributed by atoms with van der Waals surface area (Å²) in [6, 6.07) is 0.499. The van der Waals surface area contributed by atoms with E-state index >= 15 is 0 Å². The number of nitrogens with zero attached hydrogens (tertiary/aromatic N) is 2. The van der Waals surface area contributed by atoms with Crippen LogP contribution in [0.1, 0.15) is 27.2 Å². The van der Waals surface area contributed by atoms with Crippen LogP contribution in [0.2, 0.25) is 0 Å². The Morgan fingerprint density at radius 2 is 2.35 bits per heavy atom. The quantitative estimate of drug-likeness (QED) is 0.764. The van der Waals surface area contributed by atoms with Gasteiger partial charge in [-0.25, -0.2) is 0 Å². The van der Waals surface area contributed by atoms with Crippen LogP contribution in [0.3, 0.4) is 0 Å². The van der Waals surface area contributed by atoms with Gasteiger partial charge in [-0.3, -0.25) is 4.99 Å². The van der Waals surface area contributed by atoms with E-state index < -0.39 is 0 Å². The smallest absolute Gasteiger partial charge is 0.191 e. The number of aliphatic imine (C=N–C) groups is 1. The highest BCUT2D eigenvalue weighted by Crippen LogP contribution is 2.16. The molecule has 98 valence electrons. The van der Waals surface area contributed by atoms with Crippen LogP contribution in [0.25, 0.3) is 0 Å². The summed E-state index contributed by atoms with van der Waals surface area (Å²) >= 11 is 0. The SMILES string of the molecule is CC(C)CN1CCC(CNC2=NCC(C)N2)C1. The summed E-state index contributed by atoms with van der Waals surface area (Å²) in [6.45, 7) is 12.5. The van der Waals surface area contributed by atoms with E-state index in [2.05, 4.69) is 41.3 Å². The zero-order valence-electron chi connectivity index (χ0n) is 11.4. The molecule has 0 aliphatic carbocycles. The van der Waals surface area contributed by atoms with Gasteiger partial charge in [-0.2, -0.15) is 0 Å².